The number of anilines is 1. The lowest BCUT2D eigenvalue weighted by Gasteiger charge is -2.46. The first-order valence-electron chi connectivity index (χ1n) is 14.8. The molecule has 2 amide bonds. The van der Waals surface area contributed by atoms with E-state index in [4.69, 9.17) is 14.2 Å². The van der Waals surface area contributed by atoms with Crippen LogP contribution in [0, 0.1) is 0 Å². The molecule has 0 aromatic heterocycles. The number of ether oxygens (including phenoxy) is 3. The first-order chi connectivity index (χ1) is 20.2. The van der Waals surface area contributed by atoms with Crippen LogP contribution in [0.25, 0.3) is 11.1 Å². The Morgan fingerprint density at radius 1 is 0.953 bits per heavy atom. The first-order valence-corrected chi connectivity index (χ1v) is 14.8. The number of nitrogens with one attached hydrogen (secondary N) is 4. The van der Waals surface area contributed by atoms with Crippen molar-refractivity contribution in [3.8, 4) is 28.4 Å². The van der Waals surface area contributed by atoms with E-state index in [1.54, 1.807) is 40.4 Å². The molecular formula is C33H46N4O6. The Bertz CT molecular complexity index is 1440. The van der Waals surface area contributed by atoms with Gasteiger partial charge in [-0.05, 0) is 95.2 Å². The summed E-state index contributed by atoms with van der Waals surface area (Å²) in [6.07, 6.45) is 2.77. The highest BCUT2D eigenvalue weighted by atomic mass is 16.5. The molecule has 2 aliphatic rings. The summed E-state index contributed by atoms with van der Waals surface area (Å²) in [5.74, 6) is 1.08. The molecule has 0 bridgehead atoms. The number of aryl methyl sites for hydroxylation is 1. The van der Waals surface area contributed by atoms with E-state index in [2.05, 4.69) is 49.0 Å². The molecule has 0 spiro atoms. The smallest absolute Gasteiger partial charge is 0.242 e. The van der Waals surface area contributed by atoms with Crippen molar-refractivity contribution in [3.63, 3.8) is 0 Å². The molecule has 43 heavy (non-hydrogen) atoms. The van der Waals surface area contributed by atoms with E-state index in [-0.39, 0.29) is 40.1 Å². The third-order valence-corrected chi connectivity index (χ3v) is 8.22. The molecule has 4 N–H and O–H groups in total. The molecule has 0 saturated carbocycles. The summed E-state index contributed by atoms with van der Waals surface area (Å²) in [5, 5.41) is 13.0. The molecule has 2 aromatic rings. The Hall–Kier alpha value is -3.79. The van der Waals surface area contributed by atoms with Gasteiger partial charge < -0.3 is 35.5 Å². The van der Waals surface area contributed by atoms with Crippen molar-refractivity contribution in [2.45, 2.75) is 96.4 Å². The largest absolute Gasteiger partial charge is 0.493 e. The van der Waals surface area contributed by atoms with Gasteiger partial charge in [-0.2, -0.15) is 0 Å². The van der Waals surface area contributed by atoms with E-state index in [1.165, 1.54) is 6.92 Å². The summed E-state index contributed by atoms with van der Waals surface area (Å²) in [7, 11) is 4.68. The number of hydrogen-bond acceptors (Lipinski definition) is 8. The fourth-order valence-electron chi connectivity index (χ4n) is 6.88. The maximum Gasteiger partial charge on any atom is 0.242 e. The van der Waals surface area contributed by atoms with Crippen LogP contribution in [0.1, 0.15) is 78.0 Å². The minimum Gasteiger partial charge on any atom is -0.493 e. The van der Waals surface area contributed by atoms with E-state index in [0.717, 1.165) is 29.5 Å². The SMILES string of the molecule is COc1cc2c(c(OC)c1OC)-c1ccc(NC(C)C(=O)NC3CC(C)(C)NC(C)(C)C3)c(=O)cc1C(NC(C)=O)CC2. The van der Waals surface area contributed by atoms with Crippen molar-refractivity contribution in [1.82, 2.24) is 16.0 Å². The predicted molar refractivity (Wildman–Crippen MR) is 168 cm³/mol. The molecule has 1 aliphatic heterocycles. The van der Waals surface area contributed by atoms with Gasteiger partial charge >= 0.3 is 0 Å². The number of fused-ring (bicyclic) bond motifs is 3. The number of carbonyl (C=O) groups excluding carboxylic acids is 2. The Labute approximate surface area is 254 Å². The number of carbonyl (C=O) groups is 2. The van der Waals surface area contributed by atoms with Gasteiger partial charge in [0.1, 0.15) is 6.04 Å². The zero-order chi connectivity index (χ0) is 31.7. The van der Waals surface area contributed by atoms with Crippen LogP contribution < -0.4 is 40.9 Å². The highest BCUT2D eigenvalue weighted by molar-refractivity contribution is 5.86. The highest BCUT2D eigenvalue weighted by Gasteiger charge is 2.38. The molecule has 1 saturated heterocycles. The molecule has 2 atom stereocenters. The summed E-state index contributed by atoms with van der Waals surface area (Å²) in [6.45, 7) is 11.8. The van der Waals surface area contributed by atoms with Gasteiger partial charge in [-0.25, -0.2) is 0 Å². The minimum atomic E-state index is -0.659. The van der Waals surface area contributed by atoms with Gasteiger partial charge in [-0.1, -0.05) is 6.07 Å². The van der Waals surface area contributed by atoms with E-state index in [1.807, 2.05) is 12.1 Å². The molecular weight excluding hydrogens is 548 g/mol. The van der Waals surface area contributed by atoms with Crippen LogP contribution in [-0.4, -0.2) is 56.3 Å². The third-order valence-electron chi connectivity index (χ3n) is 8.22. The van der Waals surface area contributed by atoms with Crippen molar-refractivity contribution in [3.05, 3.63) is 45.6 Å². The zero-order valence-electron chi connectivity index (χ0n) is 26.8. The van der Waals surface area contributed by atoms with Gasteiger partial charge in [-0.3, -0.25) is 14.4 Å². The molecule has 1 fully saturated rings. The van der Waals surface area contributed by atoms with Crippen molar-refractivity contribution < 1.29 is 23.8 Å². The molecule has 1 aliphatic carbocycles. The van der Waals surface area contributed by atoms with Gasteiger partial charge in [0.25, 0.3) is 0 Å². The lowest BCUT2D eigenvalue weighted by molar-refractivity contribution is -0.123. The quantitative estimate of drug-likeness (QED) is 0.360. The van der Waals surface area contributed by atoms with Crippen molar-refractivity contribution in [1.29, 1.82) is 0 Å². The fourth-order valence-corrected chi connectivity index (χ4v) is 6.88. The molecule has 0 radical (unpaired) electrons. The van der Waals surface area contributed by atoms with Gasteiger partial charge in [0, 0.05) is 29.6 Å². The monoisotopic (exact) mass is 594 g/mol. The second-order valence-electron chi connectivity index (χ2n) is 13.0. The number of piperidine rings is 1. The van der Waals surface area contributed by atoms with Crippen LogP contribution >= 0.6 is 0 Å². The number of hydrogen-bond donors (Lipinski definition) is 4. The maximum absolute atomic E-state index is 13.7. The van der Waals surface area contributed by atoms with Crippen molar-refractivity contribution in [2.24, 2.45) is 0 Å². The lowest BCUT2D eigenvalue weighted by atomic mass is 9.79. The topological polar surface area (TPSA) is 127 Å². The van der Waals surface area contributed by atoms with Gasteiger partial charge in [0.15, 0.2) is 11.5 Å². The summed E-state index contributed by atoms with van der Waals surface area (Å²) in [5.41, 5.74) is 2.87. The van der Waals surface area contributed by atoms with Gasteiger partial charge in [0.05, 0.1) is 33.1 Å². The van der Waals surface area contributed by atoms with Crippen LogP contribution in [-0.2, 0) is 16.0 Å². The number of amides is 2. The van der Waals surface area contributed by atoms with Crippen molar-refractivity contribution in [2.75, 3.05) is 26.6 Å². The Morgan fingerprint density at radius 2 is 1.60 bits per heavy atom. The van der Waals surface area contributed by atoms with Crippen LogP contribution in [0.5, 0.6) is 17.2 Å². The second kappa shape index (κ2) is 12.4. The lowest BCUT2D eigenvalue weighted by Crippen LogP contribution is -2.62. The van der Waals surface area contributed by atoms with E-state index in [9.17, 15) is 14.4 Å². The van der Waals surface area contributed by atoms with Crippen LogP contribution in [0.3, 0.4) is 0 Å². The molecule has 1 heterocycles. The molecule has 2 unspecified atom stereocenters. The normalized spacial score (nSPS) is 19.5. The Balaban J connectivity index is 1.73. The maximum atomic E-state index is 13.7. The average Bonchev–Trinajstić information content (AvgIpc) is 3.14. The Kier molecular flexibility index (Phi) is 9.30. The molecule has 10 nitrogen and oxygen atoms in total. The van der Waals surface area contributed by atoms with E-state index in [0.29, 0.717) is 35.7 Å². The van der Waals surface area contributed by atoms with E-state index >= 15 is 0 Å². The summed E-state index contributed by atoms with van der Waals surface area (Å²) in [4.78, 5) is 39.2. The number of rotatable bonds is 8. The summed E-state index contributed by atoms with van der Waals surface area (Å²) in [6, 6.07) is 5.93. The Morgan fingerprint density at radius 3 is 2.19 bits per heavy atom. The molecule has 4 rings (SSSR count). The zero-order valence-corrected chi connectivity index (χ0v) is 26.8. The molecule has 234 valence electrons. The number of benzene rings is 1. The first kappa shape index (κ1) is 32.1. The summed E-state index contributed by atoms with van der Waals surface area (Å²) < 4.78 is 17.1. The minimum absolute atomic E-state index is 0.00650. The van der Waals surface area contributed by atoms with Crippen LogP contribution in [0.15, 0.2) is 29.1 Å². The van der Waals surface area contributed by atoms with Gasteiger partial charge in [-0.15, -0.1) is 0 Å². The average molecular weight is 595 g/mol. The van der Waals surface area contributed by atoms with E-state index < -0.39 is 12.1 Å². The standard InChI is InChI=1S/C33H46N4O6/c1-18(31(40)36-21-16-32(3,4)37-33(5,6)17-21)34-25-13-11-22-23(15-26(25)39)24(35-19(2)38)12-10-20-14-27(41-7)29(42-8)30(43-9)28(20)22/h11,13-15,18,21,24,37H,10,12,16-17H2,1-9H3,(H,34,39)(H,35,38)(H,36,40). The van der Waals surface area contributed by atoms with Gasteiger partial charge in [0.2, 0.25) is 23.0 Å². The fraction of sp³-hybridized carbons (Fsp3) is 0.545. The number of methoxy groups -OCH3 is 3. The van der Waals surface area contributed by atoms with Crippen LogP contribution in [0.4, 0.5) is 5.69 Å². The second-order valence-corrected chi connectivity index (χ2v) is 13.0. The predicted octanol–water partition coefficient (Wildman–Crippen LogP) is 4.09. The third kappa shape index (κ3) is 7.06. The highest BCUT2D eigenvalue weighted by Crippen LogP contribution is 2.50. The molecule has 2 aromatic carbocycles. The van der Waals surface area contributed by atoms with Crippen LogP contribution in [0.2, 0.25) is 0 Å². The van der Waals surface area contributed by atoms with Crippen molar-refractivity contribution >= 4 is 17.5 Å². The summed E-state index contributed by atoms with van der Waals surface area (Å²) >= 11 is 0. The molecule has 10 heteroatoms.